The fourth-order valence-corrected chi connectivity index (χ4v) is 1.77. The molecule has 2 N–H and O–H groups in total. The Morgan fingerprint density at radius 3 is 2.57 bits per heavy atom. The number of amides is 1. The van der Waals surface area contributed by atoms with Crippen molar-refractivity contribution in [3.05, 3.63) is 66.7 Å². The molecule has 3 rings (SSSR count). The van der Waals surface area contributed by atoms with Gasteiger partial charge in [0.15, 0.2) is 5.75 Å². The third-order valence-electron chi connectivity index (χ3n) is 2.74. The van der Waals surface area contributed by atoms with Gasteiger partial charge < -0.3 is 10.1 Å². The van der Waals surface area contributed by atoms with Crippen molar-refractivity contribution in [3.8, 4) is 11.5 Å². The summed E-state index contributed by atoms with van der Waals surface area (Å²) in [5.41, 5.74) is 0.558. The van der Waals surface area contributed by atoms with Crippen molar-refractivity contribution in [2.24, 2.45) is 0 Å². The van der Waals surface area contributed by atoms with Crippen LogP contribution >= 0.6 is 0 Å². The van der Waals surface area contributed by atoms with E-state index in [1.807, 2.05) is 42.5 Å². The van der Waals surface area contributed by atoms with Crippen LogP contribution in [0.15, 0.2) is 60.9 Å². The quantitative estimate of drug-likeness (QED) is 0.770. The topological polar surface area (TPSA) is 79.9 Å². The van der Waals surface area contributed by atoms with Crippen molar-refractivity contribution in [2.45, 2.75) is 0 Å². The molecule has 0 radical (unpaired) electrons. The predicted molar refractivity (Wildman–Crippen MR) is 77.3 cm³/mol. The maximum atomic E-state index is 12.0. The Hall–Kier alpha value is -3.15. The average molecular weight is 280 g/mol. The smallest absolute Gasteiger partial charge is 0.293 e. The van der Waals surface area contributed by atoms with Crippen LogP contribution in [-0.4, -0.2) is 21.1 Å². The van der Waals surface area contributed by atoms with Crippen LogP contribution in [-0.2, 0) is 0 Å². The molecular formula is C15H12N4O2. The normalized spacial score (nSPS) is 10.1. The maximum Gasteiger partial charge on any atom is 0.293 e. The van der Waals surface area contributed by atoms with Crippen LogP contribution in [0.5, 0.6) is 11.5 Å². The molecule has 21 heavy (non-hydrogen) atoms. The number of hydrogen-bond donors (Lipinski definition) is 2. The highest BCUT2D eigenvalue weighted by atomic mass is 16.5. The minimum atomic E-state index is -0.378. The van der Waals surface area contributed by atoms with E-state index in [-0.39, 0.29) is 11.7 Å². The Balaban J connectivity index is 1.81. The number of carbonyl (C=O) groups excluding carboxylic acids is 1. The molecule has 0 fully saturated rings. The lowest BCUT2D eigenvalue weighted by atomic mass is 10.3. The third-order valence-corrected chi connectivity index (χ3v) is 2.74. The molecule has 0 atom stereocenters. The zero-order chi connectivity index (χ0) is 14.5. The summed E-state index contributed by atoms with van der Waals surface area (Å²) in [5.74, 6) is 1.01. The summed E-state index contributed by atoms with van der Waals surface area (Å²) >= 11 is 0. The Labute approximate surface area is 120 Å². The molecule has 0 aliphatic heterocycles. The van der Waals surface area contributed by atoms with Crippen molar-refractivity contribution in [3.63, 3.8) is 0 Å². The molecule has 0 aliphatic rings. The molecule has 6 nitrogen and oxygen atoms in total. The number of benzene rings is 2. The van der Waals surface area contributed by atoms with Gasteiger partial charge in [0, 0.05) is 0 Å². The summed E-state index contributed by atoms with van der Waals surface area (Å²) in [7, 11) is 0. The van der Waals surface area contributed by atoms with Crippen LogP contribution in [0.2, 0.25) is 0 Å². The molecule has 0 saturated carbocycles. The van der Waals surface area contributed by atoms with Gasteiger partial charge in [0.1, 0.15) is 12.1 Å². The molecule has 1 aromatic heterocycles. The average Bonchev–Trinajstić information content (AvgIpc) is 3.05. The summed E-state index contributed by atoms with van der Waals surface area (Å²) in [6.07, 6.45) is 1.28. The summed E-state index contributed by atoms with van der Waals surface area (Å²) in [4.78, 5) is 15.8. The first-order valence-corrected chi connectivity index (χ1v) is 6.31. The van der Waals surface area contributed by atoms with Crippen molar-refractivity contribution in [2.75, 3.05) is 5.32 Å². The lowest BCUT2D eigenvalue weighted by Crippen LogP contribution is -2.14. The predicted octanol–water partition coefficient (Wildman–Crippen LogP) is 2.85. The summed E-state index contributed by atoms with van der Waals surface area (Å²) in [5, 5.41) is 8.89. The van der Waals surface area contributed by atoms with Crippen LogP contribution < -0.4 is 10.1 Å². The van der Waals surface area contributed by atoms with Gasteiger partial charge in [-0.3, -0.25) is 9.89 Å². The SMILES string of the molecule is O=C(Nc1ccccc1Oc1ccccc1)c1ncn[nH]1. The number of H-pyrrole nitrogens is 1. The zero-order valence-corrected chi connectivity index (χ0v) is 11.0. The van der Waals surface area contributed by atoms with E-state index in [4.69, 9.17) is 4.74 Å². The summed E-state index contributed by atoms with van der Waals surface area (Å²) < 4.78 is 5.77. The van der Waals surface area contributed by atoms with Crippen LogP contribution in [0.25, 0.3) is 0 Å². The Morgan fingerprint density at radius 1 is 1.05 bits per heavy atom. The van der Waals surface area contributed by atoms with Crippen molar-refractivity contribution in [1.82, 2.24) is 15.2 Å². The van der Waals surface area contributed by atoms with Gasteiger partial charge in [0.05, 0.1) is 5.69 Å². The van der Waals surface area contributed by atoms with Crippen LogP contribution in [0, 0.1) is 0 Å². The number of nitrogens with zero attached hydrogens (tertiary/aromatic N) is 2. The van der Waals surface area contributed by atoms with Gasteiger partial charge in [-0.2, -0.15) is 5.10 Å². The first-order chi connectivity index (χ1) is 10.3. The Bertz CT molecular complexity index is 726. The highest BCUT2D eigenvalue weighted by molar-refractivity contribution is 6.02. The van der Waals surface area contributed by atoms with Gasteiger partial charge >= 0.3 is 0 Å². The molecular weight excluding hydrogens is 268 g/mol. The first-order valence-electron chi connectivity index (χ1n) is 6.31. The largest absolute Gasteiger partial charge is 0.455 e. The molecule has 2 aromatic carbocycles. The van der Waals surface area contributed by atoms with E-state index >= 15 is 0 Å². The fourth-order valence-electron chi connectivity index (χ4n) is 1.77. The number of ether oxygens (including phenoxy) is 1. The number of nitrogens with one attached hydrogen (secondary N) is 2. The molecule has 0 bridgehead atoms. The molecule has 104 valence electrons. The van der Waals surface area contributed by atoms with E-state index in [2.05, 4.69) is 20.5 Å². The Morgan fingerprint density at radius 2 is 1.81 bits per heavy atom. The summed E-state index contributed by atoms with van der Waals surface area (Å²) in [6, 6.07) is 16.5. The maximum absolute atomic E-state index is 12.0. The number of aromatic nitrogens is 3. The highest BCUT2D eigenvalue weighted by Crippen LogP contribution is 2.29. The fraction of sp³-hybridized carbons (Fsp3) is 0. The molecule has 1 amide bonds. The number of para-hydroxylation sites is 3. The van der Waals surface area contributed by atoms with Crippen LogP contribution in [0.3, 0.4) is 0 Å². The van der Waals surface area contributed by atoms with E-state index in [0.717, 1.165) is 0 Å². The number of hydrogen-bond acceptors (Lipinski definition) is 4. The van der Waals surface area contributed by atoms with E-state index in [9.17, 15) is 4.79 Å². The molecule has 3 aromatic rings. The van der Waals surface area contributed by atoms with Gasteiger partial charge in [-0.05, 0) is 24.3 Å². The van der Waals surface area contributed by atoms with Gasteiger partial charge in [-0.15, -0.1) is 0 Å². The van der Waals surface area contributed by atoms with Crippen LogP contribution in [0.4, 0.5) is 5.69 Å². The standard InChI is InChI=1S/C15H12N4O2/c20-15(14-16-10-17-19-14)18-12-8-4-5-9-13(12)21-11-6-2-1-3-7-11/h1-10H,(H,18,20)(H,16,17,19). The number of aromatic amines is 1. The Kier molecular flexibility index (Phi) is 3.60. The van der Waals surface area contributed by atoms with E-state index in [0.29, 0.717) is 17.2 Å². The minimum Gasteiger partial charge on any atom is -0.455 e. The third kappa shape index (κ3) is 3.06. The zero-order valence-electron chi connectivity index (χ0n) is 11.0. The van der Waals surface area contributed by atoms with Gasteiger partial charge in [0.2, 0.25) is 5.82 Å². The van der Waals surface area contributed by atoms with Crippen molar-refractivity contribution < 1.29 is 9.53 Å². The first kappa shape index (κ1) is 12.9. The van der Waals surface area contributed by atoms with E-state index in [1.165, 1.54) is 6.33 Å². The van der Waals surface area contributed by atoms with E-state index in [1.54, 1.807) is 12.1 Å². The highest BCUT2D eigenvalue weighted by Gasteiger charge is 2.12. The monoisotopic (exact) mass is 280 g/mol. The second-order valence-electron chi connectivity index (χ2n) is 4.20. The molecule has 1 heterocycles. The molecule has 6 heteroatoms. The van der Waals surface area contributed by atoms with Gasteiger partial charge in [-0.25, -0.2) is 4.98 Å². The van der Waals surface area contributed by atoms with Gasteiger partial charge in [0.25, 0.3) is 5.91 Å². The summed E-state index contributed by atoms with van der Waals surface area (Å²) in [6.45, 7) is 0. The number of rotatable bonds is 4. The number of carbonyl (C=O) groups is 1. The van der Waals surface area contributed by atoms with E-state index < -0.39 is 0 Å². The van der Waals surface area contributed by atoms with Gasteiger partial charge in [-0.1, -0.05) is 30.3 Å². The van der Waals surface area contributed by atoms with Crippen molar-refractivity contribution >= 4 is 11.6 Å². The molecule has 0 spiro atoms. The van der Waals surface area contributed by atoms with Crippen LogP contribution in [0.1, 0.15) is 10.6 Å². The number of anilines is 1. The minimum absolute atomic E-state index is 0.143. The molecule has 0 unspecified atom stereocenters. The molecule has 0 aliphatic carbocycles. The second kappa shape index (κ2) is 5.87. The lowest BCUT2D eigenvalue weighted by molar-refractivity contribution is 0.101. The molecule has 0 saturated heterocycles. The lowest BCUT2D eigenvalue weighted by Gasteiger charge is -2.11. The van der Waals surface area contributed by atoms with Crippen molar-refractivity contribution in [1.29, 1.82) is 0 Å². The second-order valence-corrected chi connectivity index (χ2v) is 4.20.